The van der Waals surface area contributed by atoms with Crippen LogP contribution >= 0.6 is 27.3 Å². The molecule has 0 saturated heterocycles. The summed E-state index contributed by atoms with van der Waals surface area (Å²) in [6, 6.07) is 9.24. The normalized spacial score (nSPS) is 12.6. The van der Waals surface area contributed by atoms with Crippen LogP contribution in [0.1, 0.15) is 10.4 Å². The molecule has 1 aromatic heterocycles. The van der Waals surface area contributed by atoms with E-state index in [4.69, 9.17) is 5.73 Å². The van der Waals surface area contributed by atoms with Crippen LogP contribution in [0.3, 0.4) is 0 Å². The summed E-state index contributed by atoms with van der Waals surface area (Å²) in [5, 5.41) is 2.05. The fraction of sp³-hybridized carbons (Fsp3) is 0.231. The highest BCUT2D eigenvalue weighted by Gasteiger charge is 2.08. The van der Waals surface area contributed by atoms with Gasteiger partial charge in [0.15, 0.2) is 0 Å². The van der Waals surface area contributed by atoms with E-state index in [-0.39, 0.29) is 11.9 Å². The maximum absolute atomic E-state index is 13.1. The topological polar surface area (TPSA) is 26.0 Å². The molecule has 90 valence electrons. The van der Waals surface area contributed by atoms with Gasteiger partial charge in [-0.05, 0) is 57.9 Å². The Bertz CT molecular complexity index is 484. The average Bonchev–Trinajstić information content (AvgIpc) is 2.76. The van der Waals surface area contributed by atoms with Crippen LogP contribution in [0, 0.1) is 5.82 Å². The lowest BCUT2D eigenvalue weighted by Gasteiger charge is -2.10. The Balaban J connectivity index is 1.98. The van der Waals surface area contributed by atoms with E-state index in [2.05, 4.69) is 27.4 Å². The SMILES string of the molecule is NC(Cc1ccc(F)c(Br)c1)Cc1cccs1. The van der Waals surface area contributed by atoms with Gasteiger partial charge in [0.05, 0.1) is 4.47 Å². The lowest BCUT2D eigenvalue weighted by atomic mass is 10.0. The molecule has 2 aromatic rings. The van der Waals surface area contributed by atoms with Gasteiger partial charge >= 0.3 is 0 Å². The molecule has 1 atom stereocenters. The molecule has 0 fully saturated rings. The molecule has 4 heteroatoms. The fourth-order valence-corrected chi connectivity index (χ4v) is 2.95. The summed E-state index contributed by atoms with van der Waals surface area (Å²) < 4.78 is 13.6. The quantitative estimate of drug-likeness (QED) is 0.913. The van der Waals surface area contributed by atoms with Crippen molar-refractivity contribution in [2.75, 3.05) is 0 Å². The van der Waals surface area contributed by atoms with E-state index in [0.717, 1.165) is 18.4 Å². The smallest absolute Gasteiger partial charge is 0.137 e. The third-order valence-electron chi connectivity index (χ3n) is 2.53. The highest BCUT2D eigenvalue weighted by Crippen LogP contribution is 2.18. The number of benzene rings is 1. The Kier molecular flexibility index (Phi) is 4.31. The average molecular weight is 314 g/mol. The van der Waals surface area contributed by atoms with Gasteiger partial charge in [-0.25, -0.2) is 4.39 Å². The molecule has 0 aliphatic rings. The van der Waals surface area contributed by atoms with Crippen molar-refractivity contribution in [3.8, 4) is 0 Å². The number of nitrogens with two attached hydrogens (primary N) is 1. The summed E-state index contributed by atoms with van der Waals surface area (Å²) in [6.45, 7) is 0. The summed E-state index contributed by atoms with van der Waals surface area (Å²) in [4.78, 5) is 1.29. The summed E-state index contributed by atoms with van der Waals surface area (Å²) in [7, 11) is 0. The van der Waals surface area contributed by atoms with Gasteiger partial charge in [0.2, 0.25) is 0 Å². The molecule has 0 spiro atoms. The van der Waals surface area contributed by atoms with Crippen LogP contribution in [-0.2, 0) is 12.8 Å². The van der Waals surface area contributed by atoms with Crippen molar-refractivity contribution in [1.29, 1.82) is 0 Å². The van der Waals surface area contributed by atoms with Crippen molar-refractivity contribution in [1.82, 2.24) is 0 Å². The maximum Gasteiger partial charge on any atom is 0.137 e. The van der Waals surface area contributed by atoms with Crippen LogP contribution < -0.4 is 5.73 Å². The van der Waals surface area contributed by atoms with Crippen LogP contribution in [0.5, 0.6) is 0 Å². The monoisotopic (exact) mass is 313 g/mol. The standard InChI is InChI=1S/C13H13BrFNS/c14-12-7-9(3-4-13(12)15)6-10(16)8-11-2-1-5-17-11/h1-5,7,10H,6,8,16H2. The first-order valence-electron chi connectivity index (χ1n) is 5.37. The van der Waals surface area contributed by atoms with E-state index in [1.54, 1.807) is 23.5 Å². The van der Waals surface area contributed by atoms with Gasteiger partial charge in [0.1, 0.15) is 5.82 Å². The molecule has 0 aliphatic heterocycles. The summed E-state index contributed by atoms with van der Waals surface area (Å²) in [5.74, 6) is -0.236. The zero-order valence-electron chi connectivity index (χ0n) is 9.20. The Labute approximate surface area is 113 Å². The number of hydrogen-bond acceptors (Lipinski definition) is 2. The molecule has 2 N–H and O–H groups in total. The Morgan fingerprint density at radius 3 is 2.76 bits per heavy atom. The van der Waals surface area contributed by atoms with Crippen LogP contribution in [0.4, 0.5) is 4.39 Å². The van der Waals surface area contributed by atoms with Gasteiger partial charge in [-0.15, -0.1) is 11.3 Å². The van der Waals surface area contributed by atoms with Crippen LogP contribution in [0.2, 0.25) is 0 Å². The zero-order chi connectivity index (χ0) is 12.3. The molecule has 0 saturated carbocycles. The minimum atomic E-state index is -0.236. The van der Waals surface area contributed by atoms with E-state index < -0.39 is 0 Å². The number of thiophene rings is 1. The van der Waals surface area contributed by atoms with Crippen molar-refractivity contribution < 1.29 is 4.39 Å². The lowest BCUT2D eigenvalue weighted by molar-refractivity contribution is 0.617. The molecule has 1 heterocycles. The van der Waals surface area contributed by atoms with Crippen LogP contribution in [0.25, 0.3) is 0 Å². The number of rotatable bonds is 4. The second kappa shape index (κ2) is 5.76. The van der Waals surface area contributed by atoms with E-state index >= 15 is 0 Å². The molecule has 17 heavy (non-hydrogen) atoms. The first-order valence-corrected chi connectivity index (χ1v) is 7.04. The van der Waals surface area contributed by atoms with Crippen molar-refractivity contribution in [2.45, 2.75) is 18.9 Å². The molecule has 2 rings (SSSR count). The van der Waals surface area contributed by atoms with Gasteiger partial charge < -0.3 is 5.73 Å². The second-order valence-corrected chi connectivity index (χ2v) is 5.88. The summed E-state index contributed by atoms with van der Waals surface area (Å²) >= 11 is 4.90. The van der Waals surface area contributed by atoms with E-state index in [9.17, 15) is 4.39 Å². The van der Waals surface area contributed by atoms with Gasteiger partial charge in [0, 0.05) is 10.9 Å². The summed E-state index contributed by atoms with van der Waals surface area (Å²) in [5.41, 5.74) is 7.14. The molecule has 1 unspecified atom stereocenters. The number of hydrogen-bond donors (Lipinski definition) is 1. The molecule has 0 radical (unpaired) electrons. The highest BCUT2D eigenvalue weighted by molar-refractivity contribution is 9.10. The summed E-state index contributed by atoms with van der Waals surface area (Å²) in [6.07, 6.45) is 1.63. The minimum absolute atomic E-state index is 0.0750. The zero-order valence-corrected chi connectivity index (χ0v) is 11.6. The van der Waals surface area contributed by atoms with Crippen molar-refractivity contribution in [2.24, 2.45) is 5.73 Å². The van der Waals surface area contributed by atoms with E-state index in [1.165, 1.54) is 10.9 Å². The third-order valence-corrected chi connectivity index (χ3v) is 4.03. The van der Waals surface area contributed by atoms with Crippen LogP contribution in [-0.4, -0.2) is 6.04 Å². The molecule has 1 nitrogen and oxygen atoms in total. The second-order valence-electron chi connectivity index (χ2n) is 4.00. The largest absolute Gasteiger partial charge is 0.327 e. The molecule has 0 aliphatic carbocycles. The Morgan fingerprint density at radius 2 is 2.12 bits per heavy atom. The molecule has 0 bridgehead atoms. The molecular formula is C13H13BrFNS. The fourth-order valence-electron chi connectivity index (χ4n) is 1.73. The van der Waals surface area contributed by atoms with Crippen LogP contribution in [0.15, 0.2) is 40.2 Å². The van der Waals surface area contributed by atoms with Crippen molar-refractivity contribution in [3.05, 3.63) is 56.4 Å². The lowest BCUT2D eigenvalue weighted by Crippen LogP contribution is -2.25. The number of halogens is 2. The van der Waals surface area contributed by atoms with E-state index in [1.807, 2.05) is 6.07 Å². The van der Waals surface area contributed by atoms with E-state index in [0.29, 0.717) is 4.47 Å². The molecule has 1 aromatic carbocycles. The van der Waals surface area contributed by atoms with Gasteiger partial charge in [-0.1, -0.05) is 12.1 Å². The molecule has 0 amide bonds. The minimum Gasteiger partial charge on any atom is -0.327 e. The highest BCUT2D eigenvalue weighted by atomic mass is 79.9. The first-order chi connectivity index (χ1) is 8.15. The van der Waals surface area contributed by atoms with Gasteiger partial charge in [-0.3, -0.25) is 0 Å². The van der Waals surface area contributed by atoms with Crippen molar-refractivity contribution >= 4 is 27.3 Å². The molecular weight excluding hydrogens is 301 g/mol. The maximum atomic E-state index is 13.1. The first kappa shape index (κ1) is 12.7. The Morgan fingerprint density at radius 1 is 1.29 bits per heavy atom. The van der Waals surface area contributed by atoms with Gasteiger partial charge in [-0.2, -0.15) is 0 Å². The van der Waals surface area contributed by atoms with Crippen molar-refractivity contribution in [3.63, 3.8) is 0 Å². The predicted molar refractivity (Wildman–Crippen MR) is 73.8 cm³/mol. The predicted octanol–water partition coefficient (Wildman–Crippen LogP) is 3.76. The van der Waals surface area contributed by atoms with Gasteiger partial charge in [0.25, 0.3) is 0 Å². The Hall–Kier alpha value is -0.710. The third kappa shape index (κ3) is 3.63.